The molecule has 3 aliphatic rings. The van der Waals surface area contributed by atoms with Gasteiger partial charge in [-0.3, -0.25) is 43.3 Å². The summed E-state index contributed by atoms with van der Waals surface area (Å²) in [4.78, 5) is 133. The van der Waals surface area contributed by atoms with E-state index in [1.165, 1.54) is 29.0 Å². The van der Waals surface area contributed by atoms with E-state index in [9.17, 15) is 19.5 Å². The van der Waals surface area contributed by atoms with Gasteiger partial charge in [0.15, 0.2) is 11.7 Å². The summed E-state index contributed by atoms with van der Waals surface area (Å²) in [5.74, 6) is -3.06. The number of hydrogen-bond donors (Lipinski definition) is 14. The molecule has 0 radical (unpaired) electrons. The molecule has 17 N–H and O–H groups in total. The van der Waals surface area contributed by atoms with Gasteiger partial charge in [0.2, 0.25) is 41.4 Å². The van der Waals surface area contributed by atoms with E-state index in [4.69, 9.17) is 17.2 Å². The second-order valence-corrected chi connectivity index (χ2v) is 29.3. The van der Waals surface area contributed by atoms with Crippen LogP contribution in [0.4, 0.5) is 0 Å². The third-order valence-electron chi connectivity index (χ3n) is 20.3. The zero-order valence-corrected chi connectivity index (χ0v) is 60.4. The van der Waals surface area contributed by atoms with Gasteiger partial charge in [-0.15, -0.1) is 0 Å². The molecule has 2 aromatic heterocycles. The highest BCUT2D eigenvalue weighted by atomic mass is 32.2. The van der Waals surface area contributed by atoms with Crippen LogP contribution in [0, 0.1) is 5.92 Å². The molecule has 2 aliphatic heterocycles. The fraction of sp³-hybridized carbons (Fsp3) is 0.456. The van der Waals surface area contributed by atoms with E-state index in [0.717, 1.165) is 41.6 Å². The van der Waals surface area contributed by atoms with Crippen LogP contribution in [0.5, 0.6) is 0 Å². The molecule has 5 aromatic carbocycles. The van der Waals surface area contributed by atoms with Crippen LogP contribution >= 0.6 is 11.8 Å². The van der Waals surface area contributed by atoms with E-state index in [-0.39, 0.29) is 76.2 Å². The molecule has 2 saturated heterocycles. The Labute approximate surface area is 612 Å². The molecule has 0 saturated carbocycles. The first kappa shape index (κ1) is 77.2. The number of H-pyrrole nitrogens is 2. The Balaban J connectivity index is 0.956. The second-order valence-electron chi connectivity index (χ2n) is 28.1. The van der Waals surface area contributed by atoms with Gasteiger partial charge in [0.05, 0.1) is 18.2 Å². The number of nitrogens with two attached hydrogens (primary N) is 3. The van der Waals surface area contributed by atoms with Gasteiger partial charge < -0.3 is 79.7 Å². The Morgan fingerprint density at radius 2 is 1.14 bits per heavy atom. The molecule has 1 aliphatic carbocycles. The lowest BCUT2D eigenvalue weighted by molar-refractivity contribution is -0.136. The van der Waals surface area contributed by atoms with Crippen molar-refractivity contribution in [2.24, 2.45) is 28.1 Å². The number of hydrogen-bond acceptors (Lipinski definition) is 14. The molecule has 10 rings (SSSR count). The normalized spacial score (nSPS) is 24.3. The number of likely N-dealkylation sites (tertiary alicyclic amines) is 1. The van der Waals surface area contributed by atoms with Crippen molar-refractivity contribution in [3.8, 4) is 0 Å². The number of guanidine groups is 1. The quantitative estimate of drug-likeness (QED) is 0.0233. The van der Waals surface area contributed by atoms with Gasteiger partial charge in [0.25, 0.3) is 0 Å². The first-order valence-corrected chi connectivity index (χ1v) is 37.9. The lowest BCUT2D eigenvalue weighted by Crippen LogP contribution is -2.61. The molecule has 104 heavy (non-hydrogen) atoms. The zero-order valence-electron chi connectivity index (χ0n) is 59.6. The van der Waals surface area contributed by atoms with Crippen molar-refractivity contribution < 1.29 is 43.5 Å². The van der Waals surface area contributed by atoms with Gasteiger partial charge in [-0.2, -0.15) is 11.8 Å². The SMILES string of the molecule is C[C@@H](O)[C@@H]1NC(=O)[C@H](CCCCN)NC(=O)[C@@H](Cc2c[nH]c3ccccc23)NC(=O)[C@H](Cc2ccccc2)NC(=O)[C@H](Cc2ccccc2)NC(=O)[C@H](CCCN=C(N)N)NC(=O)[C@H](NCCSC[C@@H]2C[C@@H]3c4cccc5[nH]cc(c45)C[C@H]3N(C)C2)CCCCCC(=O)[C@H](Cc2ccccc2)NC1=O. The van der Waals surface area contributed by atoms with Crippen LogP contribution in [0.2, 0.25) is 0 Å². The number of amides is 7. The average Bonchev–Trinajstić information content (AvgIpc) is 1.47. The number of carbonyl (C=O) groups is 8. The van der Waals surface area contributed by atoms with Crippen LogP contribution in [0.3, 0.4) is 0 Å². The van der Waals surface area contributed by atoms with Gasteiger partial charge in [-0.05, 0) is 142 Å². The van der Waals surface area contributed by atoms with E-state index in [1.54, 1.807) is 42.6 Å². The number of unbranched alkanes of at least 4 members (excludes halogenated alkanes) is 1. The number of benzene rings is 5. The number of aromatic amines is 2. The minimum Gasteiger partial charge on any atom is -0.391 e. The van der Waals surface area contributed by atoms with Crippen LogP contribution in [0.1, 0.15) is 117 Å². The van der Waals surface area contributed by atoms with Crippen molar-refractivity contribution in [1.82, 2.24) is 57.4 Å². The standard InChI is InChI=1S/C79H103N15O9S/c1-49(95)71-78(103)89-64(40-50-21-7-3-8-22-50)69(96)34-14-6-13-30-61(83-37-38-104-48-53-39-58-57-28-19-32-60-70(57)55(46-86-60)44-68(58)94(2)47-53)72(97)87-63(33-20-36-84-79(81)82)73(98)90-65(41-51-23-9-4-10-24-51)75(100)91-66(42-52-25-11-5-12-26-52)76(101)92-67(43-54-45-85-59-29-16-15-27-56(54)59)77(102)88-62(74(99)93-71)31-17-18-35-80/h3-5,7-12,15-16,19,21-29,32,45-46,49,53,58,61-68,71,83,85-86,95H,6,13-14,17-18,20,30-31,33-44,47-48,80H2,1-2H3,(H,87,97)(H,88,102)(H,89,103)(H,90,98)(H,91,100)(H,92,101)(H,93,99)(H4,81,82,84)/t49-,53-,58-,61-,62+,63+,64+,65+,66+,67-,68-,71+/m1/s1. The third-order valence-corrected chi connectivity index (χ3v) is 21.5. The number of nitrogens with one attached hydrogen (secondary N) is 10. The fourth-order valence-corrected chi connectivity index (χ4v) is 15.8. The third kappa shape index (κ3) is 21.6. The number of fused-ring (bicyclic) bond motifs is 3. The maximum atomic E-state index is 15.4. The molecule has 24 nitrogen and oxygen atoms in total. The van der Waals surface area contributed by atoms with Gasteiger partial charge in [-0.25, -0.2) is 0 Å². The van der Waals surface area contributed by atoms with Crippen molar-refractivity contribution in [2.75, 3.05) is 44.7 Å². The number of rotatable bonds is 23. The maximum Gasteiger partial charge on any atom is 0.245 e. The second kappa shape index (κ2) is 38.4. The molecule has 0 spiro atoms. The van der Waals surface area contributed by atoms with Crippen LogP contribution < -0.4 is 59.7 Å². The number of para-hydroxylation sites is 1. The number of thioether (sulfide) groups is 1. The van der Waals surface area contributed by atoms with E-state index in [0.29, 0.717) is 85.4 Å². The predicted molar refractivity (Wildman–Crippen MR) is 407 cm³/mol. The topological polar surface area (TPSA) is 378 Å². The van der Waals surface area contributed by atoms with E-state index in [1.807, 2.05) is 90.6 Å². The molecule has 554 valence electrons. The summed E-state index contributed by atoms with van der Waals surface area (Å²) in [5, 5.41) is 37.3. The van der Waals surface area contributed by atoms with E-state index < -0.39 is 95.8 Å². The number of aliphatic imine (C=N–C) groups is 1. The van der Waals surface area contributed by atoms with Crippen LogP contribution in [-0.4, -0.2) is 178 Å². The number of aromatic nitrogens is 2. The highest BCUT2D eigenvalue weighted by Crippen LogP contribution is 2.45. The number of piperidine rings is 1. The van der Waals surface area contributed by atoms with Crippen LogP contribution in [0.15, 0.2) is 151 Å². The maximum absolute atomic E-state index is 15.4. The summed E-state index contributed by atoms with van der Waals surface area (Å²) in [6, 6.07) is 31.5. The molecule has 12 atom stereocenters. The number of carbonyl (C=O) groups excluding carboxylic acids is 8. The van der Waals surface area contributed by atoms with Crippen molar-refractivity contribution in [3.05, 3.63) is 179 Å². The molecular formula is C79H103N15O9S. The zero-order chi connectivity index (χ0) is 73.5. The Morgan fingerprint density at radius 1 is 0.596 bits per heavy atom. The smallest absolute Gasteiger partial charge is 0.245 e. The molecular weight excluding hydrogens is 1340 g/mol. The van der Waals surface area contributed by atoms with Crippen LogP contribution in [0.25, 0.3) is 21.8 Å². The molecule has 7 aromatic rings. The number of Topliss-reactive ketones (excluding diaryl/α,β-unsaturated/α-hetero) is 1. The van der Waals surface area contributed by atoms with Gasteiger partial charge >= 0.3 is 0 Å². The van der Waals surface area contributed by atoms with Gasteiger partial charge in [0.1, 0.15) is 36.3 Å². The van der Waals surface area contributed by atoms with Crippen molar-refractivity contribution in [1.29, 1.82) is 0 Å². The Bertz CT molecular complexity index is 4040. The first-order valence-electron chi connectivity index (χ1n) is 36.7. The Morgan fingerprint density at radius 3 is 1.78 bits per heavy atom. The number of ketones is 1. The van der Waals surface area contributed by atoms with Crippen LogP contribution in [-0.2, 0) is 70.5 Å². The van der Waals surface area contributed by atoms with E-state index in [2.05, 4.69) is 93.8 Å². The van der Waals surface area contributed by atoms with Gasteiger partial charge in [-0.1, -0.05) is 134 Å². The highest BCUT2D eigenvalue weighted by molar-refractivity contribution is 7.99. The summed E-state index contributed by atoms with van der Waals surface area (Å²) in [6.07, 6.45) is 7.27. The van der Waals surface area contributed by atoms with Crippen molar-refractivity contribution in [3.63, 3.8) is 0 Å². The fourth-order valence-electron chi connectivity index (χ4n) is 14.8. The molecule has 0 unspecified atom stereocenters. The first-order chi connectivity index (χ1) is 50.4. The Hall–Kier alpha value is -9.40. The molecule has 4 heterocycles. The lowest BCUT2D eigenvalue weighted by Gasteiger charge is -2.45. The van der Waals surface area contributed by atoms with Crippen molar-refractivity contribution >= 4 is 86.7 Å². The molecule has 25 heteroatoms. The minimum atomic E-state index is -1.59. The summed E-state index contributed by atoms with van der Waals surface area (Å²) < 4.78 is 0. The summed E-state index contributed by atoms with van der Waals surface area (Å²) in [6.45, 7) is 3.17. The summed E-state index contributed by atoms with van der Waals surface area (Å²) in [5.41, 5.74) is 24.9. The lowest BCUT2D eigenvalue weighted by atomic mass is 9.73. The monoisotopic (exact) mass is 1440 g/mol. The molecule has 0 bridgehead atoms. The average molecular weight is 1440 g/mol. The van der Waals surface area contributed by atoms with E-state index >= 15 is 24.0 Å². The summed E-state index contributed by atoms with van der Waals surface area (Å²) in [7, 11) is 2.23. The number of aliphatic hydroxyl groups is 1. The number of aliphatic hydroxyl groups excluding tert-OH is 1. The van der Waals surface area contributed by atoms with Crippen molar-refractivity contribution in [2.45, 2.75) is 176 Å². The minimum absolute atomic E-state index is 0.0384. The summed E-state index contributed by atoms with van der Waals surface area (Å²) >= 11 is 1.83. The molecule has 7 amide bonds. The number of likely N-dealkylation sites (N-methyl/N-ethyl adjacent to an activating group) is 1. The molecule has 2 fully saturated rings. The number of nitrogens with zero attached hydrogens (tertiary/aromatic N) is 2. The predicted octanol–water partition coefficient (Wildman–Crippen LogP) is 4.76. The Kier molecular flexibility index (Phi) is 28.5. The van der Waals surface area contributed by atoms with Gasteiger partial charge in [0, 0.05) is 97.2 Å². The largest absolute Gasteiger partial charge is 0.391 e. The highest BCUT2D eigenvalue weighted by Gasteiger charge is 2.41.